The van der Waals surface area contributed by atoms with Gasteiger partial charge in [0.15, 0.2) is 0 Å². The smallest absolute Gasteiger partial charge is 0.223 e. The van der Waals surface area contributed by atoms with Crippen molar-refractivity contribution in [2.75, 3.05) is 26.4 Å². The number of carbonyl (C=O) groups excluding carboxylic acids is 1. The summed E-state index contributed by atoms with van der Waals surface area (Å²) in [4.78, 5) is 12.9. The molecule has 0 bridgehead atoms. The van der Waals surface area contributed by atoms with Crippen molar-refractivity contribution in [1.29, 1.82) is 0 Å². The van der Waals surface area contributed by atoms with Gasteiger partial charge in [0.05, 0.1) is 0 Å². The summed E-state index contributed by atoms with van der Waals surface area (Å²) in [5.41, 5.74) is 0. The molecule has 4 heteroatoms. The summed E-state index contributed by atoms with van der Waals surface area (Å²) >= 11 is 2.01. The second-order valence-electron chi connectivity index (χ2n) is 3.96. The van der Waals surface area contributed by atoms with Gasteiger partial charge in [0.2, 0.25) is 5.91 Å². The second kappa shape index (κ2) is 5.61. The van der Waals surface area contributed by atoms with Crippen molar-refractivity contribution in [1.82, 2.24) is 10.2 Å². The van der Waals surface area contributed by atoms with Crippen molar-refractivity contribution in [3.63, 3.8) is 0 Å². The van der Waals surface area contributed by atoms with Gasteiger partial charge in [0.25, 0.3) is 0 Å². The Kier molecular flexibility index (Phi) is 4.75. The minimum absolute atomic E-state index is 0.204. The van der Waals surface area contributed by atoms with Crippen LogP contribution in [0.5, 0.6) is 0 Å². The fraction of sp³-hybridized carbons (Fsp3) is 0.900. The highest BCUT2D eigenvalue weighted by molar-refractivity contribution is 8.00. The Morgan fingerprint density at radius 2 is 2.29 bits per heavy atom. The van der Waals surface area contributed by atoms with Crippen LogP contribution in [0.25, 0.3) is 0 Å². The van der Waals surface area contributed by atoms with Gasteiger partial charge in [-0.15, -0.1) is 0 Å². The molecule has 0 saturated carbocycles. The molecule has 1 N–H and O–H groups in total. The summed E-state index contributed by atoms with van der Waals surface area (Å²) in [6.07, 6.45) is 1.85. The van der Waals surface area contributed by atoms with Gasteiger partial charge < -0.3 is 10.2 Å². The summed E-state index contributed by atoms with van der Waals surface area (Å²) in [6, 6.07) is 0.606. The zero-order valence-electron chi connectivity index (χ0n) is 9.25. The Balaban J connectivity index is 2.12. The van der Waals surface area contributed by atoms with E-state index in [1.807, 2.05) is 11.8 Å². The lowest BCUT2D eigenvalue weighted by atomic mass is 10.1. The molecule has 1 aliphatic heterocycles. The van der Waals surface area contributed by atoms with E-state index in [-0.39, 0.29) is 5.91 Å². The highest BCUT2D eigenvalue weighted by Gasteiger charge is 2.23. The molecule has 14 heavy (non-hydrogen) atoms. The molecule has 82 valence electrons. The van der Waals surface area contributed by atoms with Crippen LogP contribution in [0.2, 0.25) is 0 Å². The van der Waals surface area contributed by atoms with E-state index in [0.29, 0.717) is 17.7 Å². The van der Waals surface area contributed by atoms with Crippen LogP contribution in [0.1, 0.15) is 19.8 Å². The van der Waals surface area contributed by atoms with E-state index in [4.69, 9.17) is 0 Å². The minimum atomic E-state index is 0.204. The van der Waals surface area contributed by atoms with Gasteiger partial charge >= 0.3 is 0 Å². The van der Waals surface area contributed by atoms with Crippen LogP contribution in [-0.4, -0.2) is 48.5 Å². The molecular weight excluding hydrogens is 196 g/mol. The number of carbonyl (C=O) groups is 1. The molecule has 0 spiro atoms. The zero-order chi connectivity index (χ0) is 10.6. The van der Waals surface area contributed by atoms with Crippen molar-refractivity contribution < 1.29 is 4.79 Å². The molecule has 0 aromatic carbocycles. The average Bonchev–Trinajstić information content (AvgIpc) is 2.51. The van der Waals surface area contributed by atoms with E-state index in [1.54, 1.807) is 19.0 Å². The number of hydrogen-bond acceptors (Lipinski definition) is 3. The third-order valence-electron chi connectivity index (χ3n) is 2.62. The van der Waals surface area contributed by atoms with Gasteiger partial charge in [0, 0.05) is 38.4 Å². The van der Waals surface area contributed by atoms with Gasteiger partial charge in [0.1, 0.15) is 0 Å². The number of thioether (sulfide) groups is 1. The fourth-order valence-electron chi connectivity index (χ4n) is 1.59. The summed E-state index contributed by atoms with van der Waals surface area (Å²) in [5.74, 6) is 1.45. The molecule has 1 amide bonds. The maximum Gasteiger partial charge on any atom is 0.223 e. The Labute approximate surface area is 90.6 Å². The molecule has 0 aliphatic carbocycles. The lowest BCUT2D eigenvalue weighted by molar-refractivity contribution is -0.128. The van der Waals surface area contributed by atoms with E-state index in [9.17, 15) is 4.79 Å². The van der Waals surface area contributed by atoms with Crippen LogP contribution in [0.4, 0.5) is 0 Å². The summed E-state index contributed by atoms with van der Waals surface area (Å²) in [7, 11) is 3.60. The number of nitrogens with zero attached hydrogens (tertiary/aromatic N) is 1. The molecule has 1 aliphatic rings. The minimum Gasteiger partial charge on any atom is -0.349 e. The first kappa shape index (κ1) is 11.9. The molecule has 0 aromatic heterocycles. The van der Waals surface area contributed by atoms with Gasteiger partial charge in [-0.3, -0.25) is 4.79 Å². The monoisotopic (exact) mass is 216 g/mol. The molecular formula is C10H20N2OS. The lowest BCUT2D eigenvalue weighted by Crippen LogP contribution is -2.36. The lowest BCUT2D eigenvalue weighted by Gasteiger charge is -2.17. The van der Waals surface area contributed by atoms with E-state index in [1.165, 1.54) is 12.2 Å². The first-order valence-electron chi connectivity index (χ1n) is 5.16. The number of amides is 1. The third-order valence-corrected chi connectivity index (χ3v) is 3.95. The molecule has 1 heterocycles. The molecule has 1 saturated heterocycles. The van der Waals surface area contributed by atoms with Crippen molar-refractivity contribution in [2.24, 2.45) is 0 Å². The van der Waals surface area contributed by atoms with Crippen molar-refractivity contribution >= 4 is 17.7 Å². The van der Waals surface area contributed by atoms with E-state index >= 15 is 0 Å². The second-order valence-corrected chi connectivity index (χ2v) is 5.45. The highest BCUT2D eigenvalue weighted by atomic mass is 32.2. The Morgan fingerprint density at radius 1 is 1.57 bits per heavy atom. The average molecular weight is 216 g/mol. The topological polar surface area (TPSA) is 32.3 Å². The summed E-state index contributed by atoms with van der Waals surface area (Å²) in [6.45, 7) is 3.07. The third kappa shape index (κ3) is 3.50. The number of nitrogens with one attached hydrogen (secondary N) is 1. The van der Waals surface area contributed by atoms with Gasteiger partial charge in [-0.05, 0) is 12.2 Å². The van der Waals surface area contributed by atoms with E-state index in [2.05, 4.69) is 12.2 Å². The van der Waals surface area contributed by atoms with Crippen LogP contribution < -0.4 is 5.32 Å². The standard InChI is InChI=1S/C10H20N2OS/c1-8-9(5-7-14-8)11-6-4-10(13)12(2)3/h8-9,11H,4-7H2,1-3H3. The molecule has 1 fully saturated rings. The molecule has 2 unspecified atom stereocenters. The molecule has 2 atom stereocenters. The summed E-state index contributed by atoms with van der Waals surface area (Å²) in [5, 5.41) is 4.15. The molecule has 0 radical (unpaired) electrons. The summed E-state index contributed by atoms with van der Waals surface area (Å²) < 4.78 is 0. The first-order chi connectivity index (χ1) is 6.61. The maximum atomic E-state index is 11.3. The van der Waals surface area contributed by atoms with Gasteiger partial charge in [-0.1, -0.05) is 6.92 Å². The van der Waals surface area contributed by atoms with Gasteiger partial charge in [-0.25, -0.2) is 0 Å². The Bertz CT molecular complexity index is 197. The molecule has 3 nitrogen and oxygen atoms in total. The zero-order valence-corrected chi connectivity index (χ0v) is 10.1. The van der Waals surface area contributed by atoms with E-state index in [0.717, 1.165) is 6.54 Å². The molecule has 1 rings (SSSR count). The van der Waals surface area contributed by atoms with Crippen molar-refractivity contribution in [3.05, 3.63) is 0 Å². The van der Waals surface area contributed by atoms with Crippen LogP contribution in [0.15, 0.2) is 0 Å². The Morgan fingerprint density at radius 3 is 2.79 bits per heavy atom. The highest BCUT2D eigenvalue weighted by Crippen LogP contribution is 2.25. The van der Waals surface area contributed by atoms with Crippen molar-refractivity contribution in [3.8, 4) is 0 Å². The van der Waals surface area contributed by atoms with Crippen LogP contribution in [0.3, 0.4) is 0 Å². The quantitative estimate of drug-likeness (QED) is 0.759. The normalized spacial score (nSPS) is 26.5. The molecule has 0 aromatic rings. The predicted octanol–water partition coefficient (Wildman–Crippen LogP) is 0.948. The largest absolute Gasteiger partial charge is 0.349 e. The number of hydrogen-bond donors (Lipinski definition) is 1. The van der Waals surface area contributed by atoms with Crippen molar-refractivity contribution in [2.45, 2.75) is 31.1 Å². The van der Waals surface area contributed by atoms with Crippen LogP contribution in [0, 0.1) is 0 Å². The SMILES string of the molecule is CC1SCCC1NCCC(=O)N(C)C. The van der Waals surface area contributed by atoms with Crippen LogP contribution >= 0.6 is 11.8 Å². The van der Waals surface area contributed by atoms with Gasteiger partial charge in [-0.2, -0.15) is 11.8 Å². The predicted molar refractivity (Wildman–Crippen MR) is 61.6 cm³/mol. The number of rotatable bonds is 4. The first-order valence-corrected chi connectivity index (χ1v) is 6.21. The maximum absolute atomic E-state index is 11.3. The Hall–Kier alpha value is -0.220. The fourth-order valence-corrected chi connectivity index (χ4v) is 2.81. The van der Waals surface area contributed by atoms with Crippen LogP contribution in [-0.2, 0) is 4.79 Å². The van der Waals surface area contributed by atoms with E-state index < -0.39 is 0 Å².